The number of rotatable bonds is 5. The summed E-state index contributed by atoms with van der Waals surface area (Å²) in [5, 5.41) is 3.48. The van der Waals surface area contributed by atoms with Crippen molar-refractivity contribution in [3.05, 3.63) is 65.4 Å². The number of hydrogen-bond acceptors (Lipinski definition) is 6. The van der Waals surface area contributed by atoms with Gasteiger partial charge in [-0.2, -0.15) is 0 Å². The summed E-state index contributed by atoms with van der Waals surface area (Å²) in [6.45, 7) is 4.02. The molecule has 0 unspecified atom stereocenters. The molecule has 0 bridgehead atoms. The first kappa shape index (κ1) is 17.4. The number of methoxy groups -OCH3 is 1. The Morgan fingerprint density at radius 2 is 1.96 bits per heavy atom. The van der Waals surface area contributed by atoms with Crippen molar-refractivity contribution in [2.45, 2.75) is 19.9 Å². The van der Waals surface area contributed by atoms with Gasteiger partial charge in [-0.3, -0.25) is 0 Å². The van der Waals surface area contributed by atoms with Gasteiger partial charge in [0.05, 0.1) is 34.6 Å². The molecule has 0 spiro atoms. The van der Waals surface area contributed by atoms with E-state index in [9.17, 15) is 0 Å². The first-order chi connectivity index (χ1) is 13.1. The van der Waals surface area contributed by atoms with Gasteiger partial charge in [0, 0.05) is 11.6 Å². The molecule has 4 rings (SSSR count). The van der Waals surface area contributed by atoms with Crippen molar-refractivity contribution < 1.29 is 4.74 Å². The Bertz CT molecular complexity index is 1090. The van der Waals surface area contributed by atoms with E-state index in [0.717, 1.165) is 44.4 Å². The van der Waals surface area contributed by atoms with Crippen molar-refractivity contribution in [3.8, 4) is 17.0 Å². The fourth-order valence-electron chi connectivity index (χ4n) is 3.02. The maximum atomic E-state index is 5.32. The van der Waals surface area contributed by atoms with Gasteiger partial charge in [-0.1, -0.05) is 18.2 Å². The van der Waals surface area contributed by atoms with Gasteiger partial charge in [-0.15, -0.1) is 11.3 Å². The predicted molar refractivity (Wildman–Crippen MR) is 110 cm³/mol. The molecule has 5 nitrogen and oxygen atoms in total. The predicted octanol–water partition coefficient (Wildman–Crippen LogP) is 5.24. The third-order valence-corrected chi connectivity index (χ3v) is 5.21. The van der Waals surface area contributed by atoms with Crippen LogP contribution in [0.25, 0.3) is 21.5 Å². The third-order valence-electron chi connectivity index (χ3n) is 4.42. The quantitative estimate of drug-likeness (QED) is 0.516. The molecule has 1 atom stereocenters. The number of ether oxygens (including phenoxy) is 1. The summed E-state index contributed by atoms with van der Waals surface area (Å²) in [6.07, 6.45) is 0. The van der Waals surface area contributed by atoms with Gasteiger partial charge >= 0.3 is 0 Å². The van der Waals surface area contributed by atoms with E-state index in [2.05, 4.69) is 45.4 Å². The molecule has 0 amide bonds. The van der Waals surface area contributed by atoms with Crippen LogP contribution >= 0.6 is 11.3 Å². The Hall–Kier alpha value is -2.99. The fraction of sp³-hybridized carbons (Fsp3) is 0.190. The SMILES string of the molecule is COc1cccc([C@@H](C)Nc2cc(-c3ccc4ncsc4c3)nc(C)n2)c1. The molecule has 0 aliphatic rings. The number of nitrogens with one attached hydrogen (secondary N) is 1. The van der Waals surface area contributed by atoms with Crippen molar-refractivity contribution in [2.75, 3.05) is 12.4 Å². The number of fused-ring (bicyclic) bond motifs is 1. The highest BCUT2D eigenvalue weighted by atomic mass is 32.1. The van der Waals surface area contributed by atoms with Gasteiger partial charge in [0.15, 0.2) is 0 Å². The van der Waals surface area contributed by atoms with Crippen LogP contribution in [0.3, 0.4) is 0 Å². The maximum Gasteiger partial charge on any atom is 0.130 e. The van der Waals surface area contributed by atoms with Gasteiger partial charge in [-0.05, 0) is 43.7 Å². The largest absolute Gasteiger partial charge is 0.497 e. The van der Waals surface area contributed by atoms with Crippen LogP contribution in [0.4, 0.5) is 5.82 Å². The average molecular weight is 376 g/mol. The van der Waals surface area contributed by atoms with Crippen LogP contribution in [-0.4, -0.2) is 22.1 Å². The summed E-state index contributed by atoms with van der Waals surface area (Å²) < 4.78 is 6.48. The van der Waals surface area contributed by atoms with Crippen molar-refractivity contribution in [2.24, 2.45) is 0 Å². The normalized spacial score (nSPS) is 12.1. The van der Waals surface area contributed by atoms with E-state index < -0.39 is 0 Å². The van der Waals surface area contributed by atoms with Crippen LogP contribution in [0, 0.1) is 6.92 Å². The number of thiazole rings is 1. The Labute approximate surface area is 162 Å². The van der Waals surface area contributed by atoms with E-state index in [4.69, 9.17) is 4.74 Å². The fourth-order valence-corrected chi connectivity index (χ4v) is 3.74. The average Bonchev–Trinajstić information content (AvgIpc) is 3.15. The molecule has 0 saturated carbocycles. The summed E-state index contributed by atoms with van der Waals surface area (Å²) in [4.78, 5) is 13.5. The summed E-state index contributed by atoms with van der Waals surface area (Å²) in [5.74, 6) is 2.38. The molecule has 1 N–H and O–H groups in total. The zero-order chi connectivity index (χ0) is 18.8. The summed E-state index contributed by atoms with van der Waals surface area (Å²) in [5.41, 5.74) is 5.98. The summed E-state index contributed by atoms with van der Waals surface area (Å²) in [7, 11) is 1.68. The van der Waals surface area contributed by atoms with Gasteiger partial charge in [0.2, 0.25) is 0 Å². The van der Waals surface area contributed by atoms with Gasteiger partial charge in [0.1, 0.15) is 17.4 Å². The highest BCUT2D eigenvalue weighted by molar-refractivity contribution is 7.16. The second-order valence-electron chi connectivity index (χ2n) is 6.36. The highest BCUT2D eigenvalue weighted by Gasteiger charge is 2.11. The number of nitrogens with zero attached hydrogens (tertiary/aromatic N) is 3. The second kappa shape index (κ2) is 7.32. The zero-order valence-corrected chi connectivity index (χ0v) is 16.2. The molecule has 0 aliphatic heterocycles. The molecular formula is C21H20N4OS. The standard InChI is InChI=1S/C21H20N4OS/c1-13(15-5-4-6-17(9-15)26-3)23-21-11-19(24-14(2)25-21)16-7-8-18-20(10-16)27-12-22-18/h4-13H,1-3H3,(H,23,24,25)/t13-/m1/s1. The minimum atomic E-state index is 0.0891. The number of anilines is 1. The molecule has 0 radical (unpaired) electrons. The minimum Gasteiger partial charge on any atom is -0.497 e. The monoisotopic (exact) mass is 376 g/mol. The molecule has 0 aliphatic carbocycles. The first-order valence-electron chi connectivity index (χ1n) is 8.72. The van der Waals surface area contributed by atoms with E-state index in [1.54, 1.807) is 18.4 Å². The molecule has 4 aromatic rings. The summed E-state index contributed by atoms with van der Waals surface area (Å²) in [6, 6.07) is 16.3. The second-order valence-corrected chi connectivity index (χ2v) is 7.25. The summed E-state index contributed by atoms with van der Waals surface area (Å²) >= 11 is 1.63. The van der Waals surface area contributed by atoms with Crippen LogP contribution in [0.15, 0.2) is 54.0 Å². The van der Waals surface area contributed by atoms with Crippen molar-refractivity contribution in [1.82, 2.24) is 15.0 Å². The Balaban J connectivity index is 1.63. The molecule has 27 heavy (non-hydrogen) atoms. The molecule has 136 valence electrons. The molecule has 0 fully saturated rings. The van der Waals surface area contributed by atoms with Gasteiger partial charge in [-0.25, -0.2) is 15.0 Å². The van der Waals surface area contributed by atoms with Crippen LogP contribution < -0.4 is 10.1 Å². The van der Waals surface area contributed by atoms with Crippen LogP contribution in [-0.2, 0) is 0 Å². The van der Waals surface area contributed by atoms with E-state index in [0.29, 0.717) is 0 Å². The van der Waals surface area contributed by atoms with Crippen molar-refractivity contribution in [3.63, 3.8) is 0 Å². The lowest BCUT2D eigenvalue weighted by Crippen LogP contribution is -2.09. The molecule has 6 heteroatoms. The Morgan fingerprint density at radius 3 is 2.81 bits per heavy atom. The molecular weight excluding hydrogens is 356 g/mol. The van der Waals surface area contributed by atoms with E-state index in [-0.39, 0.29) is 6.04 Å². The number of hydrogen-bond donors (Lipinski definition) is 1. The van der Waals surface area contributed by atoms with Crippen LogP contribution in [0.2, 0.25) is 0 Å². The number of aromatic nitrogens is 3. The lowest BCUT2D eigenvalue weighted by Gasteiger charge is -2.16. The first-order valence-corrected chi connectivity index (χ1v) is 9.60. The van der Waals surface area contributed by atoms with Crippen molar-refractivity contribution >= 4 is 27.4 Å². The maximum absolute atomic E-state index is 5.32. The number of benzene rings is 2. The lowest BCUT2D eigenvalue weighted by atomic mass is 10.1. The lowest BCUT2D eigenvalue weighted by molar-refractivity contribution is 0.414. The molecule has 2 heterocycles. The smallest absolute Gasteiger partial charge is 0.130 e. The van der Waals surface area contributed by atoms with Crippen LogP contribution in [0.5, 0.6) is 5.75 Å². The van der Waals surface area contributed by atoms with E-state index in [1.807, 2.05) is 42.8 Å². The highest BCUT2D eigenvalue weighted by Crippen LogP contribution is 2.28. The zero-order valence-electron chi connectivity index (χ0n) is 15.4. The van der Waals surface area contributed by atoms with Crippen molar-refractivity contribution in [1.29, 1.82) is 0 Å². The van der Waals surface area contributed by atoms with Gasteiger partial charge in [0.25, 0.3) is 0 Å². The minimum absolute atomic E-state index is 0.0891. The molecule has 2 aromatic heterocycles. The Kier molecular flexibility index (Phi) is 4.73. The third kappa shape index (κ3) is 3.75. The van der Waals surface area contributed by atoms with Gasteiger partial charge < -0.3 is 10.1 Å². The topological polar surface area (TPSA) is 59.9 Å². The Morgan fingerprint density at radius 1 is 1.07 bits per heavy atom. The number of aryl methyl sites for hydroxylation is 1. The molecule has 0 saturated heterocycles. The molecule has 2 aromatic carbocycles. The van der Waals surface area contributed by atoms with E-state index in [1.165, 1.54) is 0 Å². The van der Waals surface area contributed by atoms with E-state index >= 15 is 0 Å². The van der Waals surface area contributed by atoms with Crippen LogP contribution in [0.1, 0.15) is 24.4 Å².